The number of nitrogens with zero attached hydrogens (tertiary/aromatic N) is 1. The number of hydrogen-bond acceptors (Lipinski definition) is 4. The molecule has 172 valence electrons. The Kier molecular flexibility index (Phi) is 7.51. The number of rotatable bonds is 6. The Labute approximate surface area is 189 Å². The van der Waals surface area contributed by atoms with Crippen molar-refractivity contribution in [3.63, 3.8) is 0 Å². The lowest BCUT2D eigenvalue weighted by Crippen LogP contribution is -2.47. The first-order valence-electron chi connectivity index (χ1n) is 11.0. The highest BCUT2D eigenvalue weighted by atomic mass is 19.1. The van der Waals surface area contributed by atoms with Crippen molar-refractivity contribution < 1.29 is 18.7 Å². The summed E-state index contributed by atoms with van der Waals surface area (Å²) in [4.78, 5) is 27.6. The lowest BCUT2D eigenvalue weighted by atomic mass is 10.0. The maximum absolute atomic E-state index is 14.9. The zero-order chi connectivity index (χ0) is 23.4. The standard InChI is InChI=1S/C25H32FN3O3/c1-15(2)23(28-24(30)20-9-7-6-8-16(20)3)25(31)27-19-10-11-22(21(26)12-19)29-13-17(4)32-18(5)14-29/h6-12,15,17-18,23H,13-14H2,1-5H3,(H,27,31)(H,28,30). The van der Waals surface area contributed by atoms with Gasteiger partial charge in [-0.2, -0.15) is 0 Å². The molecule has 0 spiro atoms. The Morgan fingerprint density at radius 2 is 1.75 bits per heavy atom. The van der Waals surface area contributed by atoms with Crippen LogP contribution in [0.2, 0.25) is 0 Å². The van der Waals surface area contributed by atoms with E-state index in [1.165, 1.54) is 6.07 Å². The lowest BCUT2D eigenvalue weighted by molar-refractivity contribution is -0.118. The number of benzene rings is 2. The number of amides is 2. The van der Waals surface area contributed by atoms with Crippen molar-refractivity contribution in [1.29, 1.82) is 0 Å². The Morgan fingerprint density at radius 3 is 2.34 bits per heavy atom. The second-order valence-electron chi connectivity index (χ2n) is 8.83. The molecule has 7 heteroatoms. The largest absolute Gasteiger partial charge is 0.372 e. The van der Waals surface area contributed by atoms with Gasteiger partial charge in [-0.3, -0.25) is 9.59 Å². The third kappa shape index (κ3) is 5.65. The first kappa shape index (κ1) is 23.7. The van der Waals surface area contributed by atoms with E-state index in [0.717, 1.165) is 5.56 Å². The Bertz CT molecular complexity index is 969. The van der Waals surface area contributed by atoms with Crippen LogP contribution in [0.4, 0.5) is 15.8 Å². The van der Waals surface area contributed by atoms with E-state index in [1.807, 2.05) is 51.7 Å². The summed E-state index contributed by atoms with van der Waals surface area (Å²) in [6, 6.07) is 11.1. The van der Waals surface area contributed by atoms with Gasteiger partial charge in [0.15, 0.2) is 0 Å². The average molecular weight is 442 g/mol. The molecular formula is C25H32FN3O3. The molecule has 2 amide bonds. The van der Waals surface area contributed by atoms with Crippen LogP contribution in [0.25, 0.3) is 0 Å². The minimum Gasteiger partial charge on any atom is -0.372 e. The second kappa shape index (κ2) is 10.1. The molecule has 0 radical (unpaired) electrons. The summed E-state index contributed by atoms with van der Waals surface area (Å²) < 4.78 is 20.6. The van der Waals surface area contributed by atoms with Gasteiger partial charge in [-0.05, 0) is 56.5 Å². The van der Waals surface area contributed by atoms with Gasteiger partial charge in [0.1, 0.15) is 11.9 Å². The first-order chi connectivity index (χ1) is 15.2. The third-order valence-electron chi connectivity index (χ3n) is 5.60. The first-order valence-corrected chi connectivity index (χ1v) is 11.0. The molecule has 1 heterocycles. The minimum absolute atomic E-state index is 0.0150. The molecule has 32 heavy (non-hydrogen) atoms. The second-order valence-corrected chi connectivity index (χ2v) is 8.83. The topological polar surface area (TPSA) is 70.7 Å². The van der Waals surface area contributed by atoms with E-state index in [-0.39, 0.29) is 29.9 Å². The van der Waals surface area contributed by atoms with Gasteiger partial charge in [0.05, 0.1) is 17.9 Å². The van der Waals surface area contributed by atoms with E-state index in [9.17, 15) is 14.0 Å². The number of aryl methyl sites for hydroxylation is 1. The summed E-state index contributed by atoms with van der Waals surface area (Å²) >= 11 is 0. The molecule has 2 aromatic rings. The maximum atomic E-state index is 14.9. The van der Waals surface area contributed by atoms with E-state index in [2.05, 4.69) is 10.6 Å². The van der Waals surface area contributed by atoms with Gasteiger partial charge in [0, 0.05) is 24.3 Å². The predicted octanol–water partition coefficient (Wildman–Crippen LogP) is 4.14. The van der Waals surface area contributed by atoms with Gasteiger partial charge in [-0.1, -0.05) is 32.0 Å². The number of nitrogens with one attached hydrogen (secondary N) is 2. The highest BCUT2D eigenvalue weighted by Gasteiger charge is 2.27. The fourth-order valence-electron chi connectivity index (χ4n) is 4.02. The smallest absolute Gasteiger partial charge is 0.252 e. The number of anilines is 2. The highest BCUT2D eigenvalue weighted by molar-refractivity contribution is 6.02. The van der Waals surface area contributed by atoms with Gasteiger partial charge in [-0.15, -0.1) is 0 Å². The van der Waals surface area contributed by atoms with Gasteiger partial charge < -0.3 is 20.3 Å². The van der Waals surface area contributed by atoms with Crippen molar-refractivity contribution in [2.45, 2.75) is 52.9 Å². The van der Waals surface area contributed by atoms with E-state index in [1.54, 1.807) is 24.3 Å². The van der Waals surface area contributed by atoms with Crippen LogP contribution in [-0.4, -0.2) is 43.2 Å². The fourth-order valence-corrected chi connectivity index (χ4v) is 4.02. The van der Waals surface area contributed by atoms with Crippen LogP contribution in [-0.2, 0) is 9.53 Å². The fraction of sp³-hybridized carbons (Fsp3) is 0.440. The zero-order valence-electron chi connectivity index (χ0n) is 19.3. The molecular weight excluding hydrogens is 409 g/mol. The van der Waals surface area contributed by atoms with Gasteiger partial charge in [0.25, 0.3) is 5.91 Å². The van der Waals surface area contributed by atoms with Crippen molar-refractivity contribution in [3.8, 4) is 0 Å². The molecule has 3 unspecified atom stereocenters. The van der Waals surface area contributed by atoms with Gasteiger partial charge in [-0.25, -0.2) is 4.39 Å². The van der Waals surface area contributed by atoms with Crippen molar-refractivity contribution >= 4 is 23.2 Å². The van der Waals surface area contributed by atoms with Crippen LogP contribution in [0, 0.1) is 18.7 Å². The predicted molar refractivity (Wildman–Crippen MR) is 125 cm³/mol. The molecule has 0 aliphatic carbocycles. The highest BCUT2D eigenvalue weighted by Crippen LogP contribution is 2.26. The minimum atomic E-state index is -0.759. The number of carbonyl (C=O) groups is 2. The lowest BCUT2D eigenvalue weighted by Gasteiger charge is -2.37. The summed E-state index contributed by atoms with van der Waals surface area (Å²) in [5.41, 5.74) is 2.19. The van der Waals surface area contributed by atoms with Crippen molar-refractivity contribution in [2.75, 3.05) is 23.3 Å². The summed E-state index contributed by atoms with van der Waals surface area (Å²) in [5, 5.41) is 5.56. The zero-order valence-corrected chi connectivity index (χ0v) is 19.3. The number of ether oxygens (including phenoxy) is 1. The van der Waals surface area contributed by atoms with E-state index in [0.29, 0.717) is 30.0 Å². The number of halogens is 1. The van der Waals surface area contributed by atoms with Crippen molar-refractivity contribution in [2.24, 2.45) is 5.92 Å². The molecule has 1 aliphatic heterocycles. The van der Waals surface area contributed by atoms with E-state index in [4.69, 9.17) is 4.74 Å². The Morgan fingerprint density at radius 1 is 1.09 bits per heavy atom. The normalized spacial score (nSPS) is 19.5. The van der Waals surface area contributed by atoms with Crippen molar-refractivity contribution in [1.82, 2.24) is 5.32 Å². The molecule has 0 saturated carbocycles. The molecule has 3 rings (SSSR count). The summed E-state index contributed by atoms with van der Waals surface area (Å²) in [5.74, 6) is -1.26. The Hall–Kier alpha value is -2.93. The van der Waals surface area contributed by atoms with Crippen LogP contribution >= 0.6 is 0 Å². The number of carbonyl (C=O) groups excluding carboxylic acids is 2. The van der Waals surface area contributed by atoms with Crippen LogP contribution in [0.15, 0.2) is 42.5 Å². The molecule has 6 nitrogen and oxygen atoms in total. The van der Waals surface area contributed by atoms with Crippen LogP contribution in [0.5, 0.6) is 0 Å². The molecule has 0 bridgehead atoms. The average Bonchev–Trinajstić information content (AvgIpc) is 2.71. The third-order valence-corrected chi connectivity index (χ3v) is 5.60. The molecule has 1 aliphatic rings. The Balaban J connectivity index is 1.71. The van der Waals surface area contributed by atoms with Crippen LogP contribution in [0.1, 0.15) is 43.6 Å². The molecule has 1 fully saturated rings. The van der Waals surface area contributed by atoms with Crippen LogP contribution < -0.4 is 15.5 Å². The van der Waals surface area contributed by atoms with Crippen molar-refractivity contribution in [3.05, 3.63) is 59.4 Å². The number of morpholine rings is 1. The van der Waals surface area contributed by atoms with E-state index < -0.39 is 11.9 Å². The quantitative estimate of drug-likeness (QED) is 0.707. The SMILES string of the molecule is Cc1ccccc1C(=O)NC(C(=O)Nc1ccc(N2CC(C)OC(C)C2)c(F)c1)C(C)C. The monoisotopic (exact) mass is 441 g/mol. The molecule has 2 aromatic carbocycles. The van der Waals surface area contributed by atoms with Gasteiger partial charge >= 0.3 is 0 Å². The van der Waals surface area contributed by atoms with E-state index >= 15 is 0 Å². The molecule has 2 N–H and O–H groups in total. The maximum Gasteiger partial charge on any atom is 0.252 e. The van der Waals surface area contributed by atoms with Crippen LogP contribution in [0.3, 0.4) is 0 Å². The molecule has 1 saturated heterocycles. The van der Waals surface area contributed by atoms with Gasteiger partial charge in [0.2, 0.25) is 5.91 Å². The number of hydrogen-bond donors (Lipinski definition) is 2. The summed E-state index contributed by atoms with van der Waals surface area (Å²) in [7, 11) is 0. The summed E-state index contributed by atoms with van der Waals surface area (Å²) in [6.45, 7) is 10.7. The summed E-state index contributed by atoms with van der Waals surface area (Å²) in [6.07, 6.45) is 0.0300. The molecule has 0 aromatic heterocycles. The molecule has 3 atom stereocenters.